The SMILES string of the molecule is Fc1cc(OCC2(CS)CCCCCC2)ccc1Br. The molecule has 0 atom stereocenters. The van der Waals surface area contributed by atoms with Gasteiger partial charge in [-0.2, -0.15) is 12.6 Å². The first-order valence-corrected chi connectivity index (χ1v) is 8.26. The molecule has 1 saturated carbocycles. The maximum atomic E-state index is 13.4. The highest BCUT2D eigenvalue weighted by Gasteiger charge is 2.30. The van der Waals surface area contributed by atoms with Crippen LogP contribution in [0.1, 0.15) is 38.5 Å². The van der Waals surface area contributed by atoms with Gasteiger partial charge in [-0.15, -0.1) is 0 Å². The van der Waals surface area contributed by atoms with E-state index in [-0.39, 0.29) is 11.2 Å². The number of halogens is 2. The van der Waals surface area contributed by atoms with Crippen LogP contribution in [0.2, 0.25) is 0 Å². The summed E-state index contributed by atoms with van der Waals surface area (Å²) in [7, 11) is 0. The molecule has 0 amide bonds. The second-order valence-electron chi connectivity index (χ2n) is 5.44. The van der Waals surface area contributed by atoms with E-state index < -0.39 is 0 Å². The zero-order chi connectivity index (χ0) is 13.7. The van der Waals surface area contributed by atoms with Gasteiger partial charge in [0.1, 0.15) is 11.6 Å². The Bertz CT molecular complexity index is 417. The van der Waals surface area contributed by atoms with Crippen molar-refractivity contribution in [2.75, 3.05) is 12.4 Å². The molecule has 1 aliphatic rings. The molecule has 1 fully saturated rings. The first-order chi connectivity index (χ1) is 9.15. The Labute approximate surface area is 128 Å². The van der Waals surface area contributed by atoms with E-state index in [2.05, 4.69) is 28.6 Å². The third-order valence-electron chi connectivity index (χ3n) is 3.94. The lowest BCUT2D eigenvalue weighted by atomic mass is 9.83. The van der Waals surface area contributed by atoms with Crippen LogP contribution in [0.15, 0.2) is 22.7 Å². The standard InChI is InChI=1S/C15H20BrFOS/c16-13-6-5-12(9-14(13)17)18-10-15(11-19)7-3-1-2-4-8-15/h5-6,9,19H,1-4,7-8,10-11H2. The number of ether oxygens (including phenoxy) is 1. The maximum absolute atomic E-state index is 13.4. The summed E-state index contributed by atoms with van der Waals surface area (Å²) < 4.78 is 19.7. The average Bonchev–Trinajstić information content (AvgIpc) is 2.66. The Balaban J connectivity index is 2.00. The van der Waals surface area contributed by atoms with Crippen molar-refractivity contribution >= 4 is 28.6 Å². The Morgan fingerprint density at radius 3 is 2.47 bits per heavy atom. The first kappa shape index (κ1) is 15.2. The number of hydrogen-bond acceptors (Lipinski definition) is 2. The van der Waals surface area contributed by atoms with Crippen molar-refractivity contribution in [1.82, 2.24) is 0 Å². The van der Waals surface area contributed by atoms with Crippen molar-refractivity contribution in [3.8, 4) is 5.75 Å². The molecule has 0 unspecified atom stereocenters. The van der Waals surface area contributed by atoms with Crippen LogP contribution in [0, 0.1) is 11.2 Å². The summed E-state index contributed by atoms with van der Waals surface area (Å²) in [5, 5.41) is 0. The minimum absolute atomic E-state index is 0.156. The van der Waals surface area contributed by atoms with Crippen LogP contribution in [0.4, 0.5) is 4.39 Å². The quantitative estimate of drug-likeness (QED) is 0.579. The van der Waals surface area contributed by atoms with Gasteiger partial charge in [0.15, 0.2) is 0 Å². The zero-order valence-corrected chi connectivity index (χ0v) is 13.5. The van der Waals surface area contributed by atoms with E-state index in [1.54, 1.807) is 12.1 Å². The molecule has 0 aliphatic heterocycles. The second kappa shape index (κ2) is 6.98. The fourth-order valence-corrected chi connectivity index (χ4v) is 3.28. The molecule has 2 rings (SSSR count). The summed E-state index contributed by atoms with van der Waals surface area (Å²) >= 11 is 7.67. The van der Waals surface area contributed by atoms with Gasteiger partial charge in [-0.3, -0.25) is 0 Å². The normalized spacial score (nSPS) is 18.9. The van der Waals surface area contributed by atoms with Gasteiger partial charge >= 0.3 is 0 Å². The lowest BCUT2D eigenvalue weighted by Gasteiger charge is -2.30. The van der Waals surface area contributed by atoms with Crippen molar-refractivity contribution in [3.05, 3.63) is 28.5 Å². The van der Waals surface area contributed by atoms with Gasteiger partial charge in [-0.25, -0.2) is 4.39 Å². The predicted octanol–water partition coefficient (Wildman–Crippen LogP) is 5.24. The minimum atomic E-state index is -0.279. The van der Waals surface area contributed by atoms with Crippen LogP contribution in [0.5, 0.6) is 5.75 Å². The van der Waals surface area contributed by atoms with Gasteiger partial charge in [0, 0.05) is 11.5 Å². The molecule has 1 nitrogen and oxygen atoms in total. The molecule has 0 spiro atoms. The van der Waals surface area contributed by atoms with Crippen molar-refractivity contribution < 1.29 is 9.13 Å². The van der Waals surface area contributed by atoms with Gasteiger partial charge < -0.3 is 4.74 Å². The van der Waals surface area contributed by atoms with Crippen LogP contribution in [0.3, 0.4) is 0 Å². The van der Waals surface area contributed by atoms with E-state index in [0.717, 1.165) is 18.6 Å². The number of rotatable bonds is 4. The lowest BCUT2D eigenvalue weighted by molar-refractivity contribution is 0.148. The van der Waals surface area contributed by atoms with E-state index in [4.69, 9.17) is 4.74 Å². The Morgan fingerprint density at radius 1 is 1.21 bits per heavy atom. The van der Waals surface area contributed by atoms with Gasteiger partial charge in [0.25, 0.3) is 0 Å². The highest BCUT2D eigenvalue weighted by atomic mass is 79.9. The average molecular weight is 347 g/mol. The minimum Gasteiger partial charge on any atom is -0.493 e. The Kier molecular flexibility index (Phi) is 5.58. The summed E-state index contributed by atoms with van der Waals surface area (Å²) in [6.45, 7) is 0.636. The van der Waals surface area contributed by atoms with Crippen molar-refractivity contribution in [1.29, 1.82) is 0 Å². The topological polar surface area (TPSA) is 9.23 Å². The van der Waals surface area contributed by atoms with Gasteiger partial charge in [0.05, 0.1) is 11.1 Å². The molecule has 0 saturated heterocycles. The molecule has 0 N–H and O–H groups in total. The molecule has 106 valence electrons. The first-order valence-electron chi connectivity index (χ1n) is 6.84. The monoisotopic (exact) mass is 346 g/mol. The molecular formula is C15H20BrFOS. The van der Waals surface area contributed by atoms with Crippen molar-refractivity contribution in [2.45, 2.75) is 38.5 Å². The predicted molar refractivity (Wildman–Crippen MR) is 83.6 cm³/mol. The fraction of sp³-hybridized carbons (Fsp3) is 0.600. The molecule has 0 heterocycles. The molecule has 0 aromatic heterocycles. The van der Waals surface area contributed by atoms with E-state index in [0.29, 0.717) is 16.8 Å². The number of benzene rings is 1. The summed E-state index contributed by atoms with van der Waals surface area (Å²) in [5.41, 5.74) is 0.156. The lowest BCUT2D eigenvalue weighted by Crippen LogP contribution is -2.30. The molecule has 19 heavy (non-hydrogen) atoms. The van der Waals surface area contributed by atoms with Gasteiger partial charge in [0.2, 0.25) is 0 Å². The third kappa shape index (κ3) is 4.12. The van der Waals surface area contributed by atoms with E-state index in [1.807, 2.05) is 0 Å². The summed E-state index contributed by atoms with van der Waals surface area (Å²) in [5.74, 6) is 1.16. The van der Waals surface area contributed by atoms with Crippen LogP contribution in [-0.4, -0.2) is 12.4 Å². The summed E-state index contributed by atoms with van der Waals surface area (Å²) in [6.07, 6.45) is 7.44. The fourth-order valence-electron chi connectivity index (χ4n) is 2.63. The highest BCUT2D eigenvalue weighted by molar-refractivity contribution is 9.10. The summed E-state index contributed by atoms with van der Waals surface area (Å²) in [6, 6.07) is 4.92. The van der Waals surface area contributed by atoms with Gasteiger partial charge in [-0.1, -0.05) is 25.7 Å². The molecule has 0 radical (unpaired) electrons. The Morgan fingerprint density at radius 2 is 1.89 bits per heavy atom. The second-order valence-corrected chi connectivity index (χ2v) is 6.61. The van der Waals surface area contributed by atoms with Gasteiger partial charge in [-0.05, 0) is 46.7 Å². The summed E-state index contributed by atoms with van der Waals surface area (Å²) in [4.78, 5) is 0. The van der Waals surface area contributed by atoms with Crippen LogP contribution < -0.4 is 4.74 Å². The number of hydrogen-bond donors (Lipinski definition) is 1. The molecule has 1 aromatic carbocycles. The zero-order valence-electron chi connectivity index (χ0n) is 11.0. The largest absolute Gasteiger partial charge is 0.493 e. The van der Waals surface area contributed by atoms with E-state index in [1.165, 1.54) is 31.7 Å². The Hall–Kier alpha value is -0.220. The van der Waals surface area contributed by atoms with E-state index in [9.17, 15) is 4.39 Å². The third-order valence-corrected chi connectivity index (χ3v) is 5.25. The number of thiol groups is 1. The highest BCUT2D eigenvalue weighted by Crippen LogP contribution is 2.36. The van der Waals surface area contributed by atoms with E-state index >= 15 is 0 Å². The molecule has 4 heteroatoms. The van der Waals surface area contributed by atoms with Crippen LogP contribution in [-0.2, 0) is 0 Å². The van der Waals surface area contributed by atoms with Crippen LogP contribution in [0.25, 0.3) is 0 Å². The van der Waals surface area contributed by atoms with Crippen LogP contribution >= 0.6 is 28.6 Å². The van der Waals surface area contributed by atoms with Crippen molar-refractivity contribution in [2.24, 2.45) is 5.41 Å². The van der Waals surface area contributed by atoms with Crippen molar-refractivity contribution in [3.63, 3.8) is 0 Å². The molecule has 1 aliphatic carbocycles. The molecule has 1 aromatic rings. The molecule has 0 bridgehead atoms. The smallest absolute Gasteiger partial charge is 0.141 e. The maximum Gasteiger partial charge on any atom is 0.141 e. The molecular weight excluding hydrogens is 327 g/mol.